The molecule has 5 nitrogen and oxygen atoms in total. The first-order valence-electron chi connectivity index (χ1n) is 8.10. The lowest BCUT2D eigenvalue weighted by Crippen LogP contribution is -2.64. The molecule has 1 aromatic heterocycles. The average molecular weight is 306 g/mol. The van der Waals surface area contributed by atoms with Crippen molar-refractivity contribution in [3.63, 3.8) is 0 Å². The number of nitrogens with one attached hydrogen (secondary N) is 2. The van der Waals surface area contributed by atoms with Crippen molar-refractivity contribution in [2.24, 2.45) is 5.41 Å². The smallest absolute Gasteiger partial charge is 0.260 e. The Kier molecular flexibility index (Phi) is 5.06. The van der Waals surface area contributed by atoms with E-state index in [1.54, 1.807) is 19.1 Å². The highest BCUT2D eigenvalue weighted by Crippen LogP contribution is 2.48. The van der Waals surface area contributed by atoms with Gasteiger partial charge in [0.15, 0.2) is 0 Å². The highest BCUT2D eigenvalue weighted by atomic mass is 16.5. The Bertz CT molecular complexity index is 590. The third kappa shape index (κ3) is 2.82. The molecule has 1 aliphatic rings. The van der Waals surface area contributed by atoms with Crippen LogP contribution in [0.15, 0.2) is 16.9 Å². The molecule has 2 rings (SSSR count). The minimum Gasteiger partial charge on any atom is -0.378 e. The summed E-state index contributed by atoms with van der Waals surface area (Å²) in [5.41, 5.74) is 0.560. The van der Waals surface area contributed by atoms with Crippen molar-refractivity contribution in [1.29, 1.82) is 0 Å². The zero-order chi connectivity index (χ0) is 16.3. The maximum atomic E-state index is 12.4. The van der Waals surface area contributed by atoms with Crippen molar-refractivity contribution in [3.8, 4) is 0 Å². The van der Waals surface area contributed by atoms with Gasteiger partial charge in [0.1, 0.15) is 5.56 Å². The molecule has 0 aliphatic heterocycles. The molecule has 0 radical (unpaired) electrons. The third-order valence-corrected chi connectivity index (χ3v) is 5.07. The highest BCUT2D eigenvalue weighted by molar-refractivity contribution is 5.94. The van der Waals surface area contributed by atoms with E-state index in [-0.39, 0.29) is 34.6 Å². The molecule has 22 heavy (non-hydrogen) atoms. The number of ether oxygens (including phenoxy) is 1. The van der Waals surface area contributed by atoms with E-state index in [0.29, 0.717) is 6.61 Å². The van der Waals surface area contributed by atoms with Crippen LogP contribution in [0, 0.1) is 12.3 Å². The number of hydrogen-bond acceptors (Lipinski definition) is 3. The molecule has 0 saturated heterocycles. The Balaban J connectivity index is 2.13. The quantitative estimate of drug-likeness (QED) is 0.847. The van der Waals surface area contributed by atoms with Crippen molar-refractivity contribution in [2.75, 3.05) is 6.61 Å². The topological polar surface area (TPSA) is 71.2 Å². The van der Waals surface area contributed by atoms with Gasteiger partial charge in [-0.1, -0.05) is 13.8 Å². The van der Waals surface area contributed by atoms with Crippen molar-refractivity contribution >= 4 is 5.91 Å². The fraction of sp³-hybridized carbons (Fsp3) is 0.647. The maximum Gasteiger partial charge on any atom is 0.260 e. The molecule has 2 atom stereocenters. The fourth-order valence-corrected chi connectivity index (χ4v) is 3.57. The largest absolute Gasteiger partial charge is 0.378 e. The van der Waals surface area contributed by atoms with Crippen molar-refractivity contribution in [2.45, 2.75) is 59.1 Å². The van der Waals surface area contributed by atoms with Gasteiger partial charge in [0, 0.05) is 23.8 Å². The second kappa shape index (κ2) is 6.65. The van der Waals surface area contributed by atoms with Gasteiger partial charge in [-0.15, -0.1) is 0 Å². The van der Waals surface area contributed by atoms with Crippen LogP contribution in [0.1, 0.15) is 56.1 Å². The van der Waals surface area contributed by atoms with E-state index in [9.17, 15) is 9.59 Å². The number of hydrogen-bond donors (Lipinski definition) is 2. The summed E-state index contributed by atoms with van der Waals surface area (Å²) in [6.07, 6.45) is 2.90. The van der Waals surface area contributed by atoms with E-state index in [0.717, 1.165) is 25.0 Å². The Morgan fingerprint density at radius 2 is 2.05 bits per heavy atom. The van der Waals surface area contributed by atoms with Gasteiger partial charge in [-0.3, -0.25) is 9.59 Å². The van der Waals surface area contributed by atoms with Crippen LogP contribution in [-0.2, 0) is 4.74 Å². The van der Waals surface area contributed by atoms with Gasteiger partial charge in [-0.05, 0) is 45.2 Å². The minimum absolute atomic E-state index is 0.0247. The van der Waals surface area contributed by atoms with Crippen LogP contribution < -0.4 is 10.9 Å². The summed E-state index contributed by atoms with van der Waals surface area (Å²) in [6, 6.07) is 3.39. The summed E-state index contributed by atoms with van der Waals surface area (Å²) in [5, 5.41) is 3.04. The Morgan fingerprint density at radius 1 is 1.36 bits per heavy atom. The molecule has 122 valence electrons. The Morgan fingerprint density at radius 3 is 2.59 bits per heavy atom. The number of carbonyl (C=O) groups excluding carboxylic acids is 1. The van der Waals surface area contributed by atoms with Crippen LogP contribution >= 0.6 is 0 Å². The third-order valence-electron chi connectivity index (χ3n) is 5.07. The number of amides is 1. The van der Waals surface area contributed by atoms with Gasteiger partial charge in [-0.25, -0.2) is 0 Å². The molecule has 1 amide bonds. The SMILES string of the molecule is CCO[C@@H]1C[C@H](NC(=O)c2ccc(C)[nH]c2=O)C1(CC)CC. The van der Waals surface area contributed by atoms with Crippen LogP contribution in [0.3, 0.4) is 0 Å². The van der Waals surface area contributed by atoms with E-state index in [2.05, 4.69) is 24.1 Å². The second-order valence-corrected chi connectivity index (χ2v) is 6.03. The van der Waals surface area contributed by atoms with Crippen molar-refractivity contribution in [3.05, 3.63) is 33.7 Å². The number of aromatic nitrogens is 1. The van der Waals surface area contributed by atoms with Gasteiger partial charge < -0.3 is 15.0 Å². The molecule has 1 aliphatic carbocycles. The molecule has 5 heteroatoms. The summed E-state index contributed by atoms with van der Waals surface area (Å²) in [5.74, 6) is -0.299. The molecule has 0 bridgehead atoms. The second-order valence-electron chi connectivity index (χ2n) is 6.03. The van der Waals surface area contributed by atoms with E-state index in [1.165, 1.54) is 0 Å². The number of carbonyl (C=O) groups is 1. The highest BCUT2D eigenvalue weighted by Gasteiger charge is 2.53. The zero-order valence-electron chi connectivity index (χ0n) is 13.9. The predicted octanol–water partition coefficient (Wildman–Crippen LogP) is 2.40. The molecule has 0 spiro atoms. The number of rotatable bonds is 6. The first-order chi connectivity index (χ1) is 10.5. The molecular formula is C17H26N2O3. The van der Waals surface area contributed by atoms with Crippen LogP contribution in [-0.4, -0.2) is 29.6 Å². The number of aromatic amines is 1. The average Bonchev–Trinajstić information content (AvgIpc) is 2.47. The monoisotopic (exact) mass is 306 g/mol. The zero-order valence-corrected chi connectivity index (χ0v) is 13.9. The normalized spacial score (nSPS) is 22.9. The van der Waals surface area contributed by atoms with E-state index >= 15 is 0 Å². The van der Waals surface area contributed by atoms with Gasteiger partial charge in [0.05, 0.1) is 6.10 Å². The Hall–Kier alpha value is -1.62. The lowest BCUT2D eigenvalue weighted by Gasteiger charge is -2.55. The van der Waals surface area contributed by atoms with Crippen LogP contribution in [0.25, 0.3) is 0 Å². The van der Waals surface area contributed by atoms with Gasteiger partial charge in [-0.2, -0.15) is 0 Å². The summed E-state index contributed by atoms with van der Waals surface area (Å²) in [6.45, 7) is 8.73. The van der Waals surface area contributed by atoms with Gasteiger partial charge in [0.25, 0.3) is 11.5 Å². The molecule has 1 aromatic rings. The summed E-state index contributed by atoms with van der Waals surface area (Å²) in [4.78, 5) is 27.0. The first kappa shape index (κ1) is 16.7. The number of aryl methyl sites for hydroxylation is 1. The molecule has 0 aromatic carbocycles. The van der Waals surface area contributed by atoms with Crippen molar-refractivity contribution in [1.82, 2.24) is 10.3 Å². The lowest BCUT2D eigenvalue weighted by atomic mass is 9.58. The van der Waals surface area contributed by atoms with Crippen LogP contribution in [0.5, 0.6) is 0 Å². The van der Waals surface area contributed by atoms with Crippen LogP contribution in [0.2, 0.25) is 0 Å². The number of pyridine rings is 1. The fourth-order valence-electron chi connectivity index (χ4n) is 3.57. The summed E-state index contributed by atoms with van der Waals surface area (Å²) >= 11 is 0. The number of H-pyrrole nitrogens is 1. The molecule has 1 saturated carbocycles. The van der Waals surface area contributed by atoms with E-state index in [4.69, 9.17) is 4.74 Å². The Labute approximate surface area is 131 Å². The molecule has 2 N–H and O–H groups in total. The standard InChI is InChI=1S/C17H26N2O3/c1-5-17(6-2)13(10-14(17)22-7-3)19-16(21)12-9-8-11(4)18-15(12)20/h8-9,13-14H,5-7,10H2,1-4H3,(H,18,20)(H,19,21)/t13-,14+/m0/s1. The van der Waals surface area contributed by atoms with Crippen molar-refractivity contribution < 1.29 is 9.53 Å². The molecular weight excluding hydrogens is 280 g/mol. The summed E-state index contributed by atoms with van der Waals surface area (Å²) in [7, 11) is 0. The molecule has 1 heterocycles. The lowest BCUT2D eigenvalue weighted by molar-refractivity contribution is -0.134. The maximum absolute atomic E-state index is 12.4. The predicted molar refractivity (Wildman–Crippen MR) is 86.1 cm³/mol. The first-order valence-corrected chi connectivity index (χ1v) is 8.10. The van der Waals surface area contributed by atoms with Crippen LogP contribution in [0.4, 0.5) is 0 Å². The van der Waals surface area contributed by atoms with Gasteiger partial charge >= 0.3 is 0 Å². The molecule has 1 fully saturated rings. The minimum atomic E-state index is -0.336. The van der Waals surface area contributed by atoms with E-state index < -0.39 is 0 Å². The summed E-state index contributed by atoms with van der Waals surface area (Å²) < 4.78 is 5.81. The molecule has 0 unspecified atom stereocenters. The van der Waals surface area contributed by atoms with E-state index in [1.807, 2.05) is 6.92 Å². The van der Waals surface area contributed by atoms with Gasteiger partial charge in [0.2, 0.25) is 0 Å².